The molecule has 0 spiro atoms. The van der Waals surface area contributed by atoms with E-state index in [1.165, 1.54) is 23.5 Å². The Morgan fingerprint density at radius 3 is 2.88 bits per heavy atom. The second kappa shape index (κ2) is 7.85. The van der Waals surface area contributed by atoms with E-state index >= 15 is 0 Å². The molecule has 2 atom stereocenters. The predicted molar refractivity (Wildman–Crippen MR) is 93.4 cm³/mol. The molecular weight excluding hydrogens is 325 g/mol. The monoisotopic (exact) mass is 347 g/mol. The van der Waals surface area contributed by atoms with Gasteiger partial charge in [-0.1, -0.05) is 18.6 Å². The van der Waals surface area contributed by atoms with Crippen molar-refractivity contribution in [2.45, 2.75) is 38.1 Å². The van der Waals surface area contributed by atoms with E-state index in [9.17, 15) is 9.18 Å². The van der Waals surface area contributed by atoms with Crippen LogP contribution in [0.4, 0.5) is 4.39 Å². The quantitative estimate of drug-likeness (QED) is 0.844. The molecule has 0 saturated heterocycles. The average Bonchev–Trinajstić information content (AvgIpc) is 3.19. The molecule has 2 unspecified atom stereocenters. The van der Waals surface area contributed by atoms with Crippen LogP contribution in [0.25, 0.3) is 0 Å². The van der Waals surface area contributed by atoms with Gasteiger partial charge in [0, 0.05) is 17.8 Å². The molecule has 1 aliphatic rings. The Morgan fingerprint density at radius 1 is 1.33 bits per heavy atom. The molecule has 1 fully saturated rings. The van der Waals surface area contributed by atoms with E-state index in [-0.39, 0.29) is 17.8 Å². The number of hydrogen-bond acceptors (Lipinski definition) is 4. The topological polar surface area (TPSA) is 68.0 Å². The number of nitrogens with two attached hydrogens (primary N) is 1. The number of nitrogens with zero attached hydrogens (tertiary/aromatic N) is 1. The summed E-state index contributed by atoms with van der Waals surface area (Å²) >= 11 is 1.53. The van der Waals surface area contributed by atoms with Gasteiger partial charge >= 0.3 is 0 Å². The molecule has 128 valence electrons. The van der Waals surface area contributed by atoms with Crippen molar-refractivity contribution in [1.82, 2.24) is 10.3 Å². The number of carbonyl (C=O) groups is 1. The number of aromatic nitrogens is 1. The minimum absolute atomic E-state index is 0.0129. The Hall–Kier alpha value is -1.79. The Bertz CT molecular complexity index is 686. The van der Waals surface area contributed by atoms with Crippen LogP contribution in [-0.4, -0.2) is 23.5 Å². The van der Waals surface area contributed by atoms with Crippen molar-refractivity contribution in [2.24, 2.45) is 11.7 Å². The third-order valence-electron chi connectivity index (χ3n) is 4.52. The van der Waals surface area contributed by atoms with Gasteiger partial charge in [-0.05, 0) is 43.0 Å². The Kier molecular flexibility index (Phi) is 5.58. The van der Waals surface area contributed by atoms with Gasteiger partial charge in [0.05, 0.1) is 17.1 Å². The standard InChI is InChI=1S/C18H22FN3OS/c19-14-6-4-12(5-7-14)8-18-21-15(11-24-18)9-17(23)22-16-3-1-2-13(16)10-20/h4-7,11,13,16H,1-3,8-10,20H2,(H,22,23). The molecule has 6 heteroatoms. The van der Waals surface area contributed by atoms with Crippen LogP contribution in [0, 0.1) is 11.7 Å². The Morgan fingerprint density at radius 2 is 2.12 bits per heavy atom. The van der Waals surface area contributed by atoms with E-state index in [0.717, 1.165) is 35.5 Å². The number of benzene rings is 1. The molecule has 3 rings (SSSR count). The number of amides is 1. The van der Waals surface area contributed by atoms with Crippen LogP contribution < -0.4 is 11.1 Å². The summed E-state index contributed by atoms with van der Waals surface area (Å²) in [4.78, 5) is 16.7. The van der Waals surface area contributed by atoms with Gasteiger partial charge < -0.3 is 11.1 Å². The molecule has 0 bridgehead atoms. The molecule has 1 saturated carbocycles. The largest absolute Gasteiger partial charge is 0.353 e. The van der Waals surface area contributed by atoms with E-state index in [4.69, 9.17) is 5.73 Å². The van der Waals surface area contributed by atoms with E-state index in [2.05, 4.69) is 10.3 Å². The molecule has 1 heterocycles. The van der Waals surface area contributed by atoms with Crippen molar-refractivity contribution >= 4 is 17.2 Å². The van der Waals surface area contributed by atoms with Crippen molar-refractivity contribution in [1.29, 1.82) is 0 Å². The third kappa shape index (κ3) is 4.39. The zero-order chi connectivity index (χ0) is 16.9. The van der Waals surface area contributed by atoms with Crippen LogP contribution in [-0.2, 0) is 17.6 Å². The van der Waals surface area contributed by atoms with E-state index in [0.29, 0.717) is 25.3 Å². The first-order valence-corrected chi connectivity index (χ1v) is 9.19. The fourth-order valence-electron chi connectivity index (χ4n) is 3.22. The summed E-state index contributed by atoms with van der Waals surface area (Å²) < 4.78 is 12.9. The molecule has 2 aromatic rings. The lowest BCUT2D eigenvalue weighted by atomic mass is 10.0. The smallest absolute Gasteiger partial charge is 0.226 e. The fraction of sp³-hybridized carbons (Fsp3) is 0.444. The second-order valence-corrected chi connectivity index (χ2v) is 7.26. The highest BCUT2D eigenvalue weighted by atomic mass is 32.1. The van der Waals surface area contributed by atoms with Gasteiger partial charge in [-0.25, -0.2) is 9.37 Å². The number of halogens is 1. The summed E-state index contributed by atoms with van der Waals surface area (Å²) in [6, 6.07) is 6.63. The minimum Gasteiger partial charge on any atom is -0.353 e. The minimum atomic E-state index is -0.238. The zero-order valence-electron chi connectivity index (χ0n) is 13.5. The van der Waals surface area contributed by atoms with Gasteiger partial charge in [0.1, 0.15) is 5.82 Å². The SMILES string of the molecule is NCC1CCCC1NC(=O)Cc1csc(Cc2ccc(F)cc2)n1. The summed E-state index contributed by atoms with van der Waals surface area (Å²) in [5.41, 5.74) is 7.55. The molecular formula is C18H22FN3OS. The first-order valence-electron chi connectivity index (χ1n) is 8.31. The van der Waals surface area contributed by atoms with E-state index < -0.39 is 0 Å². The zero-order valence-corrected chi connectivity index (χ0v) is 14.3. The number of rotatable bonds is 6. The second-order valence-electron chi connectivity index (χ2n) is 6.31. The van der Waals surface area contributed by atoms with Crippen LogP contribution in [0.3, 0.4) is 0 Å². The first kappa shape index (κ1) is 17.0. The normalized spacial score (nSPS) is 20.2. The van der Waals surface area contributed by atoms with Crippen LogP contribution >= 0.6 is 11.3 Å². The number of hydrogen-bond donors (Lipinski definition) is 2. The molecule has 1 aliphatic carbocycles. The van der Waals surface area contributed by atoms with Crippen LogP contribution in [0.2, 0.25) is 0 Å². The van der Waals surface area contributed by atoms with Crippen molar-refractivity contribution < 1.29 is 9.18 Å². The molecule has 1 amide bonds. The average molecular weight is 347 g/mol. The number of carbonyl (C=O) groups excluding carboxylic acids is 1. The van der Waals surface area contributed by atoms with E-state index in [1.807, 2.05) is 5.38 Å². The lowest BCUT2D eigenvalue weighted by Gasteiger charge is -2.19. The third-order valence-corrected chi connectivity index (χ3v) is 5.42. The van der Waals surface area contributed by atoms with Crippen LogP contribution in [0.15, 0.2) is 29.6 Å². The highest BCUT2D eigenvalue weighted by Crippen LogP contribution is 2.24. The highest BCUT2D eigenvalue weighted by molar-refractivity contribution is 7.09. The van der Waals surface area contributed by atoms with Gasteiger partial charge in [0.15, 0.2) is 0 Å². The van der Waals surface area contributed by atoms with Crippen molar-refractivity contribution in [3.05, 3.63) is 51.7 Å². The molecule has 24 heavy (non-hydrogen) atoms. The van der Waals surface area contributed by atoms with Crippen LogP contribution in [0.1, 0.15) is 35.5 Å². The first-order chi connectivity index (χ1) is 11.6. The maximum atomic E-state index is 12.9. The van der Waals surface area contributed by atoms with Gasteiger partial charge in [-0.3, -0.25) is 4.79 Å². The molecule has 4 nitrogen and oxygen atoms in total. The predicted octanol–water partition coefficient (Wildman–Crippen LogP) is 2.66. The lowest BCUT2D eigenvalue weighted by molar-refractivity contribution is -0.121. The summed E-state index contributed by atoms with van der Waals surface area (Å²) in [6.45, 7) is 0.628. The maximum absolute atomic E-state index is 12.9. The molecule has 3 N–H and O–H groups in total. The summed E-state index contributed by atoms with van der Waals surface area (Å²) in [5.74, 6) is 0.176. The summed E-state index contributed by atoms with van der Waals surface area (Å²) in [5, 5.41) is 5.96. The Balaban J connectivity index is 1.53. The van der Waals surface area contributed by atoms with Crippen molar-refractivity contribution in [2.75, 3.05) is 6.54 Å². The summed E-state index contributed by atoms with van der Waals surface area (Å²) in [6.07, 6.45) is 4.20. The van der Waals surface area contributed by atoms with Gasteiger partial charge in [-0.2, -0.15) is 0 Å². The van der Waals surface area contributed by atoms with Gasteiger partial charge in [0.25, 0.3) is 0 Å². The molecule has 0 aliphatic heterocycles. The molecule has 0 radical (unpaired) electrons. The Labute approximate surface area is 145 Å². The molecule has 1 aromatic carbocycles. The number of thiazole rings is 1. The van der Waals surface area contributed by atoms with Crippen molar-refractivity contribution in [3.8, 4) is 0 Å². The summed E-state index contributed by atoms with van der Waals surface area (Å²) in [7, 11) is 0. The van der Waals surface area contributed by atoms with Gasteiger partial charge in [-0.15, -0.1) is 11.3 Å². The van der Waals surface area contributed by atoms with Crippen LogP contribution in [0.5, 0.6) is 0 Å². The highest BCUT2D eigenvalue weighted by Gasteiger charge is 2.27. The lowest BCUT2D eigenvalue weighted by Crippen LogP contribution is -2.40. The molecule has 1 aromatic heterocycles. The fourth-order valence-corrected chi connectivity index (χ4v) is 4.05. The van der Waals surface area contributed by atoms with Gasteiger partial charge in [0.2, 0.25) is 5.91 Å². The maximum Gasteiger partial charge on any atom is 0.226 e. The van der Waals surface area contributed by atoms with Crippen molar-refractivity contribution in [3.63, 3.8) is 0 Å². The van der Waals surface area contributed by atoms with E-state index in [1.54, 1.807) is 12.1 Å². The number of nitrogens with one attached hydrogen (secondary N) is 1.